The predicted molar refractivity (Wildman–Crippen MR) is 336 cm³/mol. The Morgan fingerprint density at radius 1 is 0.258 bits per heavy atom. The monoisotopic (exact) mass is 1260 g/mol. The third-order valence-electron chi connectivity index (χ3n) is 15.8. The van der Waals surface area contributed by atoms with Gasteiger partial charge in [-0.05, 0) is 117 Å². The summed E-state index contributed by atoms with van der Waals surface area (Å²) in [7, 11) is 0. The van der Waals surface area contributed by atoms with Crippen molar-refractivity contribution in [3.63, 3.8) is 0 Å². The first-order valence-corrected chi connectivity index (χ1v) is 29.2. The van der Waals surface area contributed by atoms with Crippen molar-refractivity contribution in [1.82, 2.24) is 0 Å². The molecule has 12 aromatic rings. The van der Waals surface area contributed by atoms with E-state index in [0.29, 0.717) is 78.8 Å². The second-order valence-corrected chi connectivity index (χ2v) is 21.7. The quantitative estimate of drug-likeness (QED) is 0.0380. The second kappa shape index (κ2) is 31.2. The van der Waals surface area contributed by atoms with Crippen molar-refractivity contribution in [3.05, 3.63) is 288 Å². The van der Waals surface area contributed by atoms with E-state index in [4.69, 9.17) is 41.9 Å². The molecule has 16 heteroatoms. The Labute approximate surface area is 544 Å². The Balaban J connectivity index is 0.00000256. The summed E-state index contributed by atoms with van der Waals surface area (Å²) in [6.07, 6.45) is 17.4. The van der Waals surface area contributed by atoms with Crippen LogP contribution < -0.4 is 110 Å². The average molecular weight is 1270 g/mol. The molecule has 4 aromatic heterocycles. The fourth-order valence-corrected chi connectivity index (χ4v) is 11.6. The standard InChI is InChI=1S/C73H72N8O4.4ClH/c74-29-37-82-69-21-9-61-49-78(33-25-57(61)41-69)45-53-1-13-65(14-2-53)73(66-15-3-54(4-16-66)46-79-34-26-58-42-70(83-38-30-75)22-10-62(58)50-79,67-17-5-55(6-18-67)47-80-35-27-59-43-71(84-39-31-76)23-11-63(59)51-80)68-19-7-56(8-20-68)48-81-36-28-60-44-72(85-40-32-77)24-12-64(60)52-81;;;;/h1-28,33-36,41-44,49-52H,29-32,37-40,45-48,74-77H2;4*1H/q+4;;;;/p-4. The average Bonchev–Trinajstić information content (AvgIpc) is 3.05. The van der Waals surface area contributed by atoms with Crippen molar-refractivity contribution >= 4 is 43.1 Å². The summed E-state index contributed by atoms with van der Waals surface area (Å²) in [6.45, 7) is 6.63. The molecule has 0 amide bonds. The van der Waals surface area contributed by atoms with Gasteiger partial charge in [0.2, 0.25) is 0 Å². The zero-order chi connectivity index (χ0) is 58.0. The van der Waals surface area contributed by atoms with E-state index in [9.17, 15) is 0 Å². The first-order valence-electron chi connectivity index (χ1n) is 29.2. The highest BCUT2D eigenvalue weighted by Crippen LogP contribution is 2.46. The van der Waals surface area contributed by atoms with Crippen LogP contribution in [0.5, 0.6) is 23.0 Å². The third kappa shape index (κ3) is 15.5. The number of rotatable bonds is 24. The van der Waals surface area contributed by atoms with Gasteiger partial charge in [-0.25, -0.2) is 18.3 Å². The Morgan fingerprint density at radius 2 is 0.472 bits per heavy atom. The summed E-state index contributed by atoms with van der Waals surface area (Å²) in [4.78, 5) is 0. The number of halogens is 4. The topological polar surface area (TPSA) is 157 Å². The summed E-state index contributed by atoms with van der Waals surface area (Å²) in [6, 6.07) is 70.4. The Morgan fingerprint density at radius 3 is 0.674 bits per heavy atom. The van der Waals surface area contributed by atoms with E-state index in [1.807, 2.05) is 24.3 Å². The lowest BCUT2D eigenvalue weighted by Gasteiger charge is -2.37. The molecule has 0 saturated heterocycles. The fraction of sp³-hybridized carbons (Fsp3) is 0.178. The van der Waals surface area contributed by atoms with E-state index in [1.54, 1.807) is 0 Å². The van der Waals surface area contributed by atoms with Gasteiger partial charge in [-0.3, -0.25) is 0 Å². The van der Waals surface area contributed by atoms with E-state index < -0.39 is 5.41 Å². The van der Waals surface area contributed by atoms with E-state index in [-0.39, 0.29) is 49.6 Å². The lowest BCUT2D eigenvalue weighted by Crippen LogP contribution is -3.00. The number of nitrogens with two attached hydrogens (primary N) is 4. The van der Waals surface area contributed by atoms with Crippen molar-refractivity contribution in [2.24, 2.45) is 22.9 Å². The van der Waals surface area contributed by atoms with Crippen molar-refractivity contribution < 1.29 is 86.8 Å². The lowest BCUT2D eigenvalue weighted by molar-refractivity contribution is -0.687. The van der Waals surface area contributed by atoms with Gasteiger partial charge in [-0.15, -0.1) is 0 Å². The van der Waals surface area contributed by atoms with Crippen molar-refractivity contribution in [2.45, 2.75) is 31.6 Å². The predicted octanol–water partition coefficient (Wildman–Crippen LogP) is -2.61. The van der Waals surface area contributed by atoms with Gasteiger partial charge in [0.1, 0.15) is 49.4 Å². The van der Waals surface area contributed by atoms with Gasteiger partial charge in [0.25, 0.3) is 0 Å². The summed E-state index contributed by atoms with van der Waals surface area (Å²) in [5.41, 5.74) is 31.6. The first kappa shape index (κ1) is 66.6. The van der Waals surface area contributed by atoms with Crippen LogP contribution in [0.2, 0.25) is 0 Å². The summed E-state index contributed by atoms with van der Waals surface area (Å²) in [5.74, 6) is 3.29. The molecule has 12 rings (SSSR count). The van der Waals surface area contributed by atoms with Crippen LogP contribution in [0.4, 0.5) is 0 Å². The van der Waals surface area contributed by atoms with Crippen LogP contribution in [0.25, 0.3) is 43.1 Å². The molecule has 8 N–H and O–H groups in total. The molecule has 0 aliphatic heterocycles. The number of hydrogen-bond acceptors (Lipinski definition) is 8. The van der Waals surface area contributed by atoms with Crippen LogP contribution in [0.3, 0.4) is 0 Å². The molecule has 0 bridgehead atoms. The zero-order valence-corrected chi connectivity index (χ0v) is 52.3. The lowest BCUT2D eigenvalue weighted by atomic mass is 9.65. The maximum atomic E-state index is 5.83. The highest BCUT2D eigenvalue weighted by Gasteiger charge is 2.39. The van der Waals surface area contributed by atoms with Crippen molar-refractivity contribution in [2.75, 3.05) is 52.6 Å². The summed E-state index contributed by atoms with van der Waals surface area (Å²) < 4.78 is 32.3. The molecule has 0 radical (unpaired) electrons. The van der Waals surface area contributed by atoms with Crippen LogP contribution in [0.1, 0.15) is 44.5 Å². The molecule has 456 valence electrons. The number of ether oxygens (including phenoxy) is 4. The van der Waals surface area contributed by atoms with Crippen molar-refractivity contribution in [3.8, 4) is 23.0 Å². The normalized spacial score (nSPS) is 11.1. The molecule has 4 heterocycles. The molecular weight excluding hydrogens is 1190 g/mol. The number of aromatic nitrogens is 4. The van der Waals surface area contributed by atoms with Crippen LogP contribution in [0.15, 0.2) is 244 Å². The molecule has 0 unspecified atom stereocenters. The molecule has 0 fully saturated rings. The van der Waals surface area contributed by atoms with Gasteiger partial charge >= 0.3 is 0 Å². The SMILES string of the molecule is NCCOc1ccc2c[n+](Cc3ccc(C(c4ccc(C[n+]5ccc6cc(OCCN)ccc6c5)cc4)(c4ccc(C[n+]5ccc6cc(OCCN)ccc6c5)cc4)c4ccc(C[n+]5ccc6cc(OCCN)ccc6c5)cc4)cc3)ccc2c1.[Cl-].[Cl-].[Cl-].[Cl-]. The van der Waals surface area contributed by atoms with E-state index in [1.165, 1.54) is 22.3 Å². The van der Waals surface area contributed by atoms with E-state index in [0.717, 1.165) is 88.3 Å². The van der Waals surface area contributed by atoms with Gasteiger partial charge < -0.3 is 91.5 Å². The van der Waals surface area contributed by atoms with Crippen LogP contribution in [-0.4, -0.2) is 52.6 Å². The van der Waals surface area contributed by atoms with Crippen LogP contribution in [0, 0.1) is 0 Å². The molecule has 0 aliphatic carbocycles. The van der Waals surface area contributed by atoms with Gasteiger partial charge in [-0.2, -0.15) is 0 Å². The maximum Gasteiger partial charge on any atom is 0.176 e. The van der Waals surface area contributed by atoms with Crippen molar-refractivity contribution in [1.29, 1.82) is 0 Å². The Kier molecular flexibility index (Phi) is 23.3. The van der Waals surface area contributed by atoms with Crippen LogP contribution in [-0.2, 0) is 31.6 Å². The third-order valence-corrected chi connectivity index (χ3v) is 15.8. The van der Waals surface area contributed by atoms with E-state index >= 15 is 0 Å². The first-order chi connectivity index (χ1) is 41.8. The minimum atomic E-state index is -0.729. The zero-order valence-electron chi connectivity index (χ0n) is 49.3. The van der Waals surface area contributed by atoms with Crippen LogP contribution >= 0.6 is 0 Å². The molecule has 0 saturated carbocycles. The molecule has 89 heavy (non-hydrogen) atoms. The molecular formula is C73H72Cl4N8O4. The summed E-state index contributed by atoms with van der Waals surface area (Å²) in [5, 5.41) is 9.02. The number of pyridine rings is 4. The van der Waals surface area contributed by atoms with Gasteiger partial charge in [0, 0.05) is 94.2 Å². The fourth-order valence-electron chi connectivity index (χ4n) is 11.6. The number of nitrogens with zero attached hydrogens (tertiary/aromatic N) is 4. The number of fused-ring (bicyclic) bond motifs is 4. The number of hydrogen-bond donors (Lipinski definition) is 4. The maximum absolute atomic E-state index is 5.83. The van der Waals surface area contributed by atoms with Gasteiger partial charge in [0.15, 0.2) is 75.8 Å². The van der Waals surface area contributed by atoms with Gasteiger partial charge in [0.05, 0.1) is 5.41 Å². The second-order valence-electron chi connectivity index (χ2n) is 21.7. The Bertz CT molecular complexity index is 3720. The van der Waals surface area contributed by atoms with Gasteiger partial charge in [-0.1, -0.05) is 97.1 Å². The minimum Gasteiger partial charge on any atom is -1.00 e. The van der Waals surface area contributed by atoms with E-state index in [2.05, 4.69) is 238 Å². The largest absolute Gasteiger partial charge is 1.00 e. The highest BCUT2D eigenvalue weighted by molar-refractivity contribution is 5.84. The molecule has 0 aliphatic rings. The Hall–Kier alpha value is -8.40. The highest BCUT2D eigenvalue weighted by atomic mass is 35.5. The minimum absolute atomic E-state index is 0. The molecule has 0 spiro atoms. The summed E-state index contributed by atoms with van der Waals surface area (Å²) >= 11 is 0. The molecule has 12 nitrogen and oxygen atoms in total. The smallest absolute Gasteiger partial charge is 0.176 e. The number of benzene rings is 8. The molecule has 8 aromatic carbocycles. The molecule has 0 atom stereocenters.